The van der Waals surface area contributed by atoms with Crippen LogP contribution in [0.25, 0.3) is 0 Å². The minimum absolute atomic E-state index is 0.683. The molecule has 0 aromatic rings. The van der Waals surface area contributed by atoms with Crippen molar-refractivity contribution in [2.75, 3.05) is 6.61 Å². The maximum absolute atomic E-state index is 5.65. The summed E-state index contributed by atoms with van der Waals surface area (Å²) in [6.07, 6.45) is 12.8. The molecule has 1 rings (SSSR count). The van der Waals surface area contributed by atoms with Gasteiger partial charge in [0.15, 0.2) is 0 Å². The highest BCUT2D eigenvalue weighted by Crippen LogP contribution is 2.16. The van der Waals surface area contributed by atoms with E-state index in [1.54, 1.807) is 0 Å². The number of hydrogen-bond acceptors (Lipinski definition) is 1. The third-order valence-corrected chi connectivity index (χ3v) is 2.55. The Morgan fingerprint density at radius 2 is 2.21 bits per heavy atom. The first kappa shape index (κ1) is 11.4. The van der Waals surface area contributed by atoms with Crippen molar-refractivity contribution < 1.29 is 4.74 Å². The number of unbranched alkanes of at least 4 members (excludes halogenated alkanes) is 3. The van der Waals surface area contributed by atoms with Crippen molar-refractivity contribution in [3.8, 4) is 0 Å². The molecule has 1 aliphatic carbocycles. The van der Waals surface area contributed by atoms with Crippen LogP contribution >= 0.6 is 0 Å². The standard InChI is InChI=1S/C13H22O/c1-3-4-5-6-11-14-13-9-7-12(2)8-10-13/h7,9-10,12H,3-6,8,11H2,1-2H3. The molecular weight excluding hydrogens is 172 g/mol. The molecule has 0 fully saturated rings. The Morgan fingerprint density at radius 1 is 1.36 bits per heavy atom. The largest absolute Gasteiger partial charge is 0.494 e. The normalized spacial score (nSPS) is 20.7. The fourth-order valence-electron chi connectivity index (χ4n) is 1.53. The Morgan fingerprint density at radius 3 is 2.86 bits per heavy atom. The van der Waals surface area contributed by atoms with E-state index in [2.05, 4.69) is 32.1 Å². The molecule has 1 atom stereocenters. The highest BCUT2D eigenvalue weighted by molar-refractivity contribution is 5.17. The van der Waals surface area contributed by atoms with Gasteiger partial charge in [0.1, 0.15) is 5.76 Å². The Balaban J connectivity index is 2.05. The summed E-state index contributed by atoms with van der Waals surface area (Å²) in [6, 6.07) is 0. The van der Waals surface area contributed by atoms with Crippen LogP contribution in [-0.4, -0.2) is 6.61 Å². The highest BCUT2D eigenvalue weighted by Gasteiger charge is 2.03. The summed E-state index contributed by atoms with van der Waals surface area (Å²) in [6.45, 7) is 5.34. The van der Waals surface area contributed by atoms with Crippen LogP contribution in [-0.2, 0) is 4.74 Å². The zero-order chi connectivity index (χ0) is 10.2. The van der Waals surface area contributed by atoms with Crippen molar-refractivity contribution in [2.45, 2.75) is 46.0 Å². The monoisotopic (exact) mass is 194 g/mol. The molecule has 1 nitrogen and oxygen atoms in total. The van der Waals surface area contributed by atoms with Crippen molar-refractivity contribution in [2.24, 2.45) is 5.92 Å². The summed E-state index contributed by atoms with van der Waals surface area (Å²) in [5, 5.41) is 0. The average molecular weight is 194 g/mol. The van der Waals surface area contributed by atoms with Crippen LogP contribution < -0.4 is 0 Å². The lowest BCUT2D eigenvalue weighted by atomic mass is 10.0. The van der Waals surface area contributed by atoms with Gasteiger partial charge in [0.25, 0.3) is 0 Å². The second kappa shape index (κ2) is 6.69. The van der Waals surface area contributed by atoms with Crippen LogP contribution in [0.3, 0.4) is 0 Å². The summed E-state index contributed by atoms with van der Waals surface area (Å²) >= 11 is 0. The quantitative estimate of drug-likeness (QED) is 0.579. The van der Waals surface area contributed by atoms with Gasteiger partial charge in [-0.1, -0.05) is 39.2 Å². The summed E-state index contributed by atoms with van der Waals surface area (Å²) in [5.74, 6) is 1.75. The molecule has 0 radical (unpaired) electrons. The second-order valence-electron chi connectivity index (χ2n) is 4.09. The van der Waals surface area contributed by atoms with Gasteiger partial charge in [0.05, 0.1) is 6.61 Å². The Bertz CT molecular complexity index is 203. The molecule has 0 heterocycles. The SMILES string of the molecule is CCCCCCOC1=CCC(C)C=C1. The minimum Gasteiger partial charge on any atom is -0.494 e. The fourth-order valence-corrected chi connectivity index (χ4v) is 1.53. The molecule has 0 saturated heterocycles. The van der Waals surface area contributed by atoms with Crippen LogP contribution in [0.4, 0.5) is 0 Å². The van der Waals surface area contributed by atoms with Gasteiger partial charge >= 0.3 is 0 Å². The molecule has 0 aliphatic heterocycles. The molecule has 1 aliphatic rings. The molecule has 0 bridgehead atoms. The molecule has 0 aromatic carbocycles. The van der Waals surface area contributed by atoms with Crippen LogP contribution in [0.15, 0.2) is 24.0 Å². The van der Waals surface area contributed by atoms with E-state index in [4.69, 9.17) is 4.74 Å². The van der Waals surface area contributed by atoms with Crippen LogP contribution in [0.2, 0.25) is 0 Å². The molecule has 0 N–H and O–H groups in total. The lowest BCUT2D eigenvalue weighted by molar-refractivity contribution is 0.214. The van der Waals surface area contributed by atoms with E-state index in [1.165, 1.54) is 25.7 Å². The molecule has 14 heavy (non-hydrogen) atoms. The van der Waals surface area contributed by atoms with Crippen LogP contribution in [0.5, 0.6) is 0 Å². The van der Waals surface area contributed by atoms with Crippen molar-refractivity contribution in [1.29, 1.82) is 0 Å². The number of ether oxygens (including phenoxy) is 1. The summed E-state index contributed by atoms with van der Waals surface area (Å²) in [7, 11) is 0. The molecule has 0 spiro atoms. The topological polar surface area (TPSA) is 9.23 Å². The minimum atomic E-state index is 0.683. The molecule has 80 valence electrons. The van der Waals surface area contributed by atoms with E-state index < -0.39 is 0 Å². The van der Waals surface area contributed by atoms with E-state index in [0.29, 0.717) is 5.92 Å². The Labute approximate surface area is 87.8 Å². The van der Waals surface area contributed by atoms with Gasteiger partial charge in [0, 0.05) is 0 Å². The van der Waals surface area contributed by atoms with Crippen LogP contribution in [0.1, 0.15) is 46.0 Å². The molecule has 0 aromatic heterocycles. The van der Waals surface area contributed by atoms with E-state index in [1.807, 2.05) is 0 Å². The van der Waals surface area contributed by atoms with Crippen molar-refractivity contribution in [3.63, 3.8) is 0 Å². The molecule has 0 saturated carbocycles. The zero-order valence-electron chi connectivity index (χ0n) is 9.46. The van der Waals surface area contributed by atoms with Gasteiger partial charge in [-0.2, -0.15) is 0 Å². The van der Waals surface area contributed by atoms with E-state index in [0.717, 1.165) is 18.8 Å². The average Bonchev–Trinajstić information content (AvgIpc) is 2.21. The molecular formula is C13H22O. The first-order chi connectivity index (χ1) is 6.83. The number of allylic oxidation sites excluding steroid dienone is 3. The third kappa shape index (κ3) is 4.50. The lowest BCUT2D eigenvalue weighted by Gasteiger charge is -2.12. The Hall–Kier alpha value is -0.720. The van der Waals surface area contributed by atoms with E-state index in [-0.39, 0.29) is 0 Å². The first-order valence-electron chi connectivity index (χ1n) is 5.84. The van der Waals surface area contributed by atoms with Crippen molar-refractivity contribution >= 4 is 0 Å². The third-order valence-electron chi connectivity index (χ3n) is 2.55. The summed E-state index contributed by atoms with van der Waals surface area (Å²) in [5.41, 5.74) is 0. The maximum atomic E-state index is 5.65. The fraction of sp³-hybridized carbons (Fsp3) is 0.692. The summed E-state index contributed by atoms with van der Waals surface area (Å²) in [4.78, 5) is 0. The highest BCUT2D eigenvalue weighted by atomic mass is 16.5. The van der Waals surface area contributed by atoms with Gasteiger partial charge in [0.2, 0.25) is 0 Å². The van der Waals surface area contributed by atoms with Crippen LogP contribution in [0, 0.1) is 5.92 Å². The van der Waals surface area contributed by atoms with Gasteiger partial charge in [-0.05, 0) is 30.9 Å². The predicted octanol–water partition coefficient (Wildman–Crippen LogP) is 4.06. The van der Waals surface area contributed by atoms with E-state index >= 15 is 0 Å². The number of rotatable bonds is 6. The number of hydrogen-bond donors (Lipinski definition) is 0. The van der Waals surface area contributed by atoms with Crippen molar-refractivity contribution in [3.05, 3.63) is 24.0 Å². The smallest absolute Gasteiger partial charge is 0.115 e. The van der Waals surface area contributed by atoms with Gasteiger partial charge in [-0.3, -0.25) is 0 Å². The van der Waals surface area contributed by atoms with Gasteiger partial charge in [-0.25, -0.2) is 0 Å². The molecule has 1 heteroatoms. The van der Waals surface area contributed by atoms with Crippen molar-refractivity contribution in [1.82, 2.24) is 0 Å². The van der Waals surface area contributed by atoms with Gasteiger partial charge < -0.3 is 4.74 Å². The summed E-state index contributed by atoms with van der Waals surface area (Å²) < 4.78 is 5.65. The maximum Gasteiger partial charge on any atom is 0.115 e. The first-order valence-corrected chi connectivity index (χ1v) is 5.84. The Kier molecular flexibility index (Phi) is 5.43. The second-order valence-corrected chi connectivity index (χ2v) is 4.09. The predicted molar refractivity (Wildman–Crippen MR) is 61.1 cm³/mol. The lowest BCUT2D eigenvalue weighted by Crippen LogP contribution is -1.99. The zero-order valence-corrected chi connectivity index (χ0v) is 9.46. The van der Waals surface area contributed by atoms with Gasteiger partial charge in [-0.15, -0.1) is 0 Å². The molecule has 0 amide bonds. The molecule has 1 unspecified atom stereocenters. The van der Waals surface area contributed by atoms with E-state index in [9.17, 15) is 0 Å².